The number of esters is 1. The lowest BCUT2D eigenvalue weighted by Crippen LogP contribution is -2.38. The van der Waals surface area contributed by atoms with Crippen LogP contribution >= 0.6 is 0 Å². The number of hydrogen-bond donors (Lipinski definition) is 0. The summed E-state index contributed by atoms with van der Waals surface area (Å²) in [6, 6.07) is 6.47. The lowest BCUT2D eigenvalue weighted by molar-refractivity contribution is -0.153. The molecule has 3 rings (SSSR count). The molecule has 0 saturated heterocycles. The monoisotopic (exact) mass is 344 g/mol. The van der Waals surface area contributed by atoms with E-state index in [0.29, 0.717) is 37.0 Å². The second-order valence-corrected chi connectivity index (χ2v) is 6.74. The van der Waals surface area contributed by atoms with Crippen LogP contribution in [0, 0.1) is 10.8 Å². The molecule has 0 aromatic heterocycles. The molecule has 1 aromatic rings. The summed E-state index contributed by atoms with van der Waals surface area (Å²) in [6.07, 6.45) is 1.30. The Morgan fingerprint density at radius 1 is 0.920 bits per heavy atom. The van der Waals surface area contributed by atoms with Crippen LogP contribution in [0.4, 0.5) is 0 Å². The summed E-state index contributed by atoms with van der Waals surface area (Å²) in [7, 11) is 2.77. The van der Waals surface area contributed by atoms with E-state index in [4.69, 9.17) is 9.47 Å². The third-order valence-electron chi connectivity index (χ3n) is 5.21. The number of Topliss-reactive ketones (excluding diaryl/α,β-unsaturated/α-hetero) is 3. The second kappa shape index (κ2) is 6.10. The molecule has 0 atom stereocenters. The highest BCUT2D eigenvalue weighted by atomic mass is 16.5. The SMILES string of the molecule is COC(=O)C1(C(=O)C2(C(=O)CC(=O)c3ccc(OC)cc3)CC2)CC1. The van der Waals surface area contributed by atoms with Gasteiger partial charge < -0.3 is 9.47 Å². The van der Waals surface area contributed by atoms with E-state index in [1.807, 2.05) is 0 Å². The van der Waals surface area contributed by atoms with Gasteiger partial charge in [0.1, 0.15) is 11.2 Å². The maximum atomic E-state index is 12.8. The standard InChI is InChI=1S/C19H20O6/c1-24-13-5-3-12(4-6-13)14(20)11-15(21)18(7-8-18)16(22)19(9-10-19)17(23)25-2/h3-6H,7-11H2,1-2H3. The van der Waals surface area contributed by atoms with Gasteiger partial charge >= 0.3 is 5.97 Å². The third kappa shape index (κ3) is 2.86. The maximum absolute atomic E-state index is 12.8. The fourth-order valence-corrected chi connectivity index (χ4v) is 3.25. The summed E-state index contributed by atoms with van der Waals surface area (Å²) in [6.45, 7) is 0. The molecular weight excluding hydrogens is 324 g/mol. The topological polar surface area (TPSA) is 86.7 Å². The average molecular weight is 344 g/mol. The molecule has 2 aliphatic rings. The van der Waals surface area contributed by atoms with Gasteiger partial charge in [-0.2, -0.15) is 0 Å². The summed E-state index contributed by atoms with van der Waals surface area (Å²) in [4.78, 5) is 49.7. The van der Waals surface area contributed by atoms with Crippen LogP contribution in [-0.2, 0) is 19.1 Å². The van der Waals surface area contributed by atoms with Gasteiger partial charge in [-0.1, -0.05) is 0 Å². The number of ether oxygens (including phenoxy) is 2. The molecule has 6 nitrogen and oxygen atoms in total. The van der Waals surface area contributed by atoms with Gasteiger partial charge in [0.05, 0.1) is 26.1 Å². The first kappa shape index (κ1) is 17.3. The van der Waals surface area contributed by atoms with Gasteiger partial charge in [-0.3, -0.25) is 19.2 Å². The van der Waals surface area contributed by atoms with Crippen LogP contribution in [0.5, 0.6) is 5.75 Å². The number of methoxy groups -OCH3 is 2. The molecule has 0 amide bonds. The van der Waals surface area contributed by atoms with Crippen molar-refractivity contribution in [3.8, 4) is 5.75 Å². The van der Waals surface area contributed by atoms with Gasteiger partial charge in [0.25, 0.3) is 0 Å². The summed E-state index contributed by atoms with van der Waals surface area (Å²) < 4.78 is 9.76. The highest BCUT2D eigenvalue weighted by molar-refractivity contribution is 6.23. The first-order chi connectivity index (χ1) is 11.9. The van der Waals surface area contributed by atoms with E-state index in [1.165, 1.54) is 14.2 Å². The lowest BCUT2D eigenvalue weighted by Gasteiger charge is -2.18. The Kier molecular flexibility index (Phi) is 4.22. The molecule has 0 bridgehead atoms. The molecule has 6 heteroatoms. The van der Waals surface area contributed by atoms with Crippen molar-refractivity contribution in [2.24, 2.45) is 10.8 Å². The molecule has 0 unspecified atom stereocenters. The molecular formula is C19H20O6. The largest absolute Gasteiger partial charge is 0.497 e. The van der Waals surface area contributed by atoms with E-state index in [1.54, 1.807) is 24.3 Å². The van der Waals surface area contributed by atoms with Crippen molar-refractivity contribution < 1.29 is 28.7 Å². The summed E-state index contributed by atoms with van der Waals surface area (Å²) in [5, 5.41) is 0. The third-order valence-corrected chi connectivity index (χ3v) is 5.21. The first-order valence-electron chi connectivity index (χ1n) is 8.23. The maximum Gasteiger partial charge on any atom is 0.319 e. The zero-order valence-corrected chi connectivity index (χ0v) is 14.3. The van der Waals surface area contributed by atoms with Crippen molar-refractivity contribution >= 4 is 23.3 Å². The van der Waals surface area contributed by atoms with E-state index in [2.05, 4.69) is 0 Å². The van der Waals surface area contributed by atoms with Gasteiger partial charge in [-0.25, -0.2) is 0 Å². The van der Waals surface area contributed by atoms with Crippen LogP contribution in [0.3, 0.4) is 0 Å². The average Bonchev–Trinajstić information content (AvgIpc) is 3.54. The summed E-state index contributed by atoms with van der Waals surface area (Å²) in [5.74, 6) is -1.05. The van der Waals surface area contributed by atoms with Crippen molar-refractivity contribution in [2.45, 2.75) is 32.1 Å². The number of hydrogen-bond acceptors (Lipinski definition) is 6. The molecule has 0 aliphatic heterocycles. The number of benzene rings is 1. The number of carbonyl (C=O) groups excluding carboxylic acids is 4. The molecule has 2 aliphatic carbocycles. The van der Waals surface area contributed by atoms with Gasteiger partial charge in [-0.05, 0) is 49.9 Å². The van der Waals surface area contributed by atoms with Crippen LogP contribution in [0.15, 0.2) is 24.3 Å². The Labute approximate surface area is 145 Å². The van der Waals surface area contributed by atoms with Crippen LogP contribution in [-0.4, -0.2) is 37.5 Å². The second-order valence-electron chi connectivity index (χ2n) is 6.74. The highest BCUT2D eigenvalue weighted by Crippen LogP contribution is 2.59. The smallest absolute Gasteiger partial charge is 0.319 e. The van der Waals surface area contributed by atoms with Crippen LogP contribution in [0.25, 0.3) is 0 Å². The van der Waals surface area contributed by atoms with Crippen molar-refractivity contribution in [1.82, 2.24) is 0 Å². The molecule has 0 spiro atoms. The number of rotatable bonds is 8. The van der Waals surface area contributed by atoms with E-state index in [9.17, 15) is 19.2 Å². The Bertz CT molecular complexity index is 738. The van der Waals surface area contributed by atoms with E-state index >= 15 is 0 Å². The Balaban J connectivity index is 1.71. The highest BCUT2D eigenvalue weighted by Gasteiger charge is 2.68. The predicted octanol–water partition coefficient (Wildman–Crippen LogP) is 2.14. The Morgan fingerprint density at radius 3 is 1.92 bits per heavy atom. The summed E-state index contributed by atoms with van der Waals surface area (Å²) >= 11 is 0. The molecule has 0 radical (unpaired) electrons. The van der Waals surface area contributed by atoms with Crippen molar-refractivity contribution in [1.29, 1.82) is 0 Å². The van der Waals surface area contributed by atoms with E-state index < -0.39 is 22.6 Å². The normalized spacial score (nSPS) is 18.8. The van der Waals surface area contributed by atoms with Crippen LogP contribution < -0.4 is 4.74 Å². The predicted molar refractivity (Wildman–Crippen MR) is 87.3 cm³/mol. The molecule has 0 N–H and O–H groups in total. The minimum Gasteiger partial charge on any atom is -0.497 e. The number of carbonyl (C=O) groups is 4. The fourth-order valence-electron chi connectivity index (χ4n) is 3.25. The number of ketones is 3. The van der Waals surface area contributed by atoms with Crippen molar-refractivity contribution in [3.63, 3.8) is 0 Å². The molecule has 25 heavy (non-hydrogen) atoms. The zero-order valence-electron chi connectivity index (χ0n) is 14.3. The molecule has 2 fully saturated rings. The Morgan fingerprint density at radius 2 is 1.48 bits per heavy atom. The van der Waals surface area contributed by atoms with Crippen molar-refractivity contribution in [3.05, 3.63) is 29.8 Å². The quantitative estimate of drug-likeness (QED) is 0.408. The van der Waals surface area contributed by atoms with Gasteiger partial charge in [-0.15, -0.1) is 0 Å². The van der Waals surface area contributed by atoms with Gasteiger partial charge in [0.2, 0.25) is 0 Å². The first-order valence-corrected chi connectivity index (χ1v) is 8.23. The lowest BCUT2D eigenvalue weighted by atomic mass is 9.82. The van der Waals surface area contributed by atoms with Crippen LogP contribution in [0.1, 0.15) is 42.5 Å². The minimum absolute atomic E-state index is 0.338. The molecule has 132 valence electrons. The van der Waals surface area contributed by atoms with E-state index in [-0.39, 0.29) is 18.0 Å². The molecule has 0 heterocycles. The van der Waals surface area contributed by atoms with Crippen LogP contribution in [0.2, 0.25) is 0 Å². The van der Waals surface area contributed by atoms with Gasteiger partial charge in [0, 0.05) is 5.56 Å². The minimum atomic E-state index is -1.17. The summed E-state index contributed by atoms with van der Waals surface area (Å²) in [5.41, 5.74) is -1.94. The van der Waals surface area contributed by atoms with Gasteiger partial charge in [0.15, 0.2) is 17.3 Å². The Hall–Kier alpha value is -2.50. The molecule has 1 aromatic carbocycles. The van der Waals surface area contributed by atoms with Crippen molar-refractivity contribution in [2.75, 3.05) is 14.2 Å². The molecule has 2 saturated carbocycles. The fraction of sp³-hybridized carbons (Fsp3) is 0.474. The van der Waals surface area contributed by atoms with E-state index in [0.717, 1.165) is 0 Å². The zero-order chi connectivity index (χ0) is 18.2.